The van der Waals surface area contributed by atoms with Gasteiger partial charge in [-0.3, -0.25) is 9.36 Å². The molecule has 2 aromatic carbocycles. The molecule has 0 bridgehead atoms. The second kappa shape index (κ2) is 8.02. The lowest BCUT2D eigenvalue weighted by molar-refractivity contribution is 0.0915. The molecule has 0 amide bonds. The van der Waals surface area contributed by atoms with Crippen LogP contribution in [-0.2, 0) is 6.54 Å². The minimum absolute atomic E-state index is 0.0716. The lowest BCUT2D eigenvalue weighted by Gasteiger charge is -2.14. The van der Waals surface area contributed by atoms with E-state index in [1.165, 1.54) is 10.9 Å². The Labute approximate surface area is 161 Å². The van der Waals surface area contributed by atoms with Crippen molar-refractivity contribution in [3.05, 3.63) is 89.6 Å². The number of pyridine rings is 1. The van der Waals surface area contributed by atoms with Crippen LogP contribution in [0.25, 0.3) is 22.2 Å². The Morgan fingerprint density at radius 3 is 2.46 bits per heavy atom. The molecule has 2 heterocycles. The standard InChI is InChI=1S/C22H19N3O3/c26-18(13-25-15-24-21-20(22(25)27)7-4-12-23-21)14-28-19-10-8-17(9-11-19)16-5-2-1-3-6-16/h1-12,15,18,26H,13-14H2. The second-order valence-electron chi connectivity index (χ2n) is 6.43. The van der Waals surface area contributed by atoms with E-state index >= 15 is 0 Å². The van der Waals surface area contributed by atoms with Gasteiger partial charge in [-0.2, -0.15) is 0 Å². The monoisotopic (exact) mass is 373 g/mol. The third-order valence-corrected chi connectivity index (χ3v) is 4.41. The van der Waals surface area contributed by atoms with Crippen molar-refractivity contribution in [3.63, 3.8) is 0 Å². The van der Waals surface area contributed by atoms with Crippen molar-refractivity contribution >= 4 is 11.0 Å². The Balaban J connectivity index is 1.39. The first kappa shape index (κ1) is 17.9. The van der Waals surface area contributed by atoms with Crippen molar-refractivity contribution in [1.29, 1.82) is 0 Å². The third kappa shape index (κ3) is 3.92. The molecule has 6 nitrogen and oxygen atoms in total. The molecule has 0 saturated heterocycles. The Bertz CT molecular complexity index is 1130. The first-order valence-corrected chi connectivity index (χ1v) is 8.97. The van der Waals surface area contributed by atoms with Gasteiger partial charge in [0, 0.05) is 6.20 Å². The van der Waals surface area contributed by atoms with Crippen molar-refractivity contribution in [2.45, 2.75) is 12.6 Å². The van der Waals surface area contributed by atoms with E-state index in [1.807, 2.05) is 54.6 Å². The number of rotatable bonds is 6. The molecule has 1 atom stereocenters. The summed E-state index contributed by atoms with van der Waals surface area (Å²) in [4.78, 5) is 20.6. The molecule has 1 N–H and O–H groups in total. The third-order valence-electron chi connectivity index (χ3n) is 4.41. The molecule has 28 heavy (non-hydrogen) atoms. The zero-order valence-electron chi connectivity index (χ0n) is 15.1. The quantitative estimate of drug-likeness (QED) is 0.562. The predicted octanol–water partition coefficient (Wildman–Crippen LogP) is 2.90. The number of hydrogen-bond donors (Lipinski definition) is 1. The van der Waals surface area contributed by atoms with E-state index in [0.29, 0.717) is 16.8 Å². The van der Waals surface area contributed by atoms with E-state index in [-0.39, 0.29) is 18.7 Å². The molecule has 4 rings (SSSR count). The Morgan fingerprint density at radius 1 is 0.929 bits per heavy atom. The highest BCUT2D eigenvalue weighted by atomic mass is 16.5. The smallest absolute Gasteiger partial charge is 0.262 e. The van der Waals surface area contributed by atoms with Gasteiger partial charge >= 0.3 is 0 Å². The SMILES string of the molecule is O=c1c2cccnc2ncn1CC(O)COc1ccc(-c2ccccc2)cc1. The van der Waals surface area contributed by atoms with Gasteiger partial charge in [-0.05, 0) is 35.4 Å². The Morgan fingerprint density at radius 2 is 1.68 bits per heavy atom. The van der Waals surface area contributed by atoms with Crippen LogP contribution in [0.15, 0.2) is 84.0 Å². The maximum Gasteiger partial charge on any atom is 0.262 e. The van der Waals surface area contributed by atoms with E-state index in [0.717, 1.165) is 11.1 Å². The molecule has 0 spiro atoms. The van der Waals surface area contributed by atoms with Crippen molar-refractivity contribution in [2.24, 2.45) is 0 Å². The van der Waals surface area contributed by atoms with Crippen LogP contribution in [0.5, 0.6) is 5.75 Å². The summed E-state index contributed by atoms with van der Waals surface area (Å²) in [5.41, 5.74) is 2.39. The summed E-state index contributed by atoms with van der Waals surface area (Å²) in [7, 11) is 0. The average molecular weight is 373 g/mol. The summed E-state index contributed by atoms with van der Waals surface area (Å²) in [6.45, 7) is 0.168. The van der Waals surface area contributed by atoms with Crippen molar-refractivity contribution < 1.29 is 9.84 Å². The number of aromatic nitrogens is 3. The van der Waals surface area contributed by atoms with Crippen LogP contribution < -0.4 is 10.3 Å². The lowest BCUT2D eigenvalue weighted by atomic mass is 10.1. The molecule has 2 aromatic heterocycles. The van der Waals surface area contributed by atoms with Gasteiger partial charge in [0.2, 0.25) is 0 Å². The molecule has 0 saturated carbocycles. The van der Waals surface area contributed by atoms with E-state index in [9.17, 15) is 9.90 Å². The van der Waals surface area contributed by atoms with Crippen molar-refractivity contribution in [1.82, 2.24) is 14.5 Å². The van der Waals surface area contributed by atoms with Gasteiger partial charge in [0.1, 0.15) is 24.8 Å². The molecule has 4 aromatic rings. The maximum absolute atomic E-state index is 12.4. The summed E-state index contributed by atoms with van der Waals surface area (Å²) in [5, 5.41) is 10.7. The summed E-state index contributed by atoms with van der Waals surface area (Å²) in [5.74, 6) is 0.659. The predicted molar refractivity (Wildman–Crippen MR) is 107 cm³/mol. The number of hydrogen-bond acceptors (Lipinski definition) is 5. The highest BCUT2D eigenvalue weighted by Crippen LogP contribution is 2.22. The molecule has 6 heteroatoms. The molecule has 0 aliphatic carbocycles. The van der Waals surface area contributed by atoms with Crippen LogP contribution >= 0.6 is 0 Å². The fourth-order valence-electron chi connectivity index (χ4n) is 2.97. The maximum atomic E-state index is 12.4. The zero-order valence-corrected chi connectivity index (χ0v) is 15.1. The topological polar surface area (TPSA) is 77.2 Å². The van der Waals surface area contributed by atoms with Gasteiger partial charge in [-0.25, -0.2) is 9.97 Å². The summed E-state index contributed by atoms with van der Waals surface area (Å²) < 4.78 is 7.03. The molecule has 1 unspecified atom stereocenters. The van der Waals surface area contributed by atoms with Crippen LogP contribution in [0.4, 0.5) is 0 Å². The fourth-order valence-corrected chi connectivity index (χ4v) is 2.97. The minimum atomic E-state index is -0.845. The molecular weight excluding hydrogens is 354 g/mol. The molecule has 0 aliphatic heterocycles. The van der Waals surface area contributed by atoms with Crippen LogP contribution in [0.1, 0.15) is 0 Å². The highest BCUT2D eigenvalue weighted by molar-refractivity contribution is 5.72. The van der Waals surface area contributed by atoms with Gasteiger partial charge < -0.3 is 9.84 Å². The number of benzene rings is 2. The first-order valence-electron chi connectivity index (χ1n) is 8.97. The molecule has 0 aliphatic rings. The van der Waals surface area contributed by atoms with E-state index < -0.39 is 6.10 Å². The molecule has 140 valence electrons. The molecular formula is C22H19N3O3. The Hall–Kier alpha value is -3.51. The average Bonchev–Trinajstić information content (AvgIpc) is 2.75. The largest absolute Gasteiger partial charge is 0.491 e. The van der Waals surface area contributed by atoms with E-state index in [4.69, 9.17) is 4.74 Å². The van der Waals surface area contributed by atoms with Gasteiger partial charge in [0.05, 0.1) is 11.9 Å². The Kier molecular flexibility index (Phi) is 5.12. The van der Waals surface area contributed by atoms with Gasteiger partial charge in [0.15, 0.2) is 5.65 Å². The van der Waals surface area contributed by atoms with E-state index in [2.05, 4.69) is 9.97 Å². The van der Waals surface area contributed by atoms with Gasteiger partial charge in [0.25, 0.3) is 5.56 Å². The van der Waals surface area contributed by atoms with E-state index in [1.54, 1.807) is 18.3 Å². The van der Waals surface area contributed by atoms with Crippen LogP contribution in [0.3, 0.4) is 0 Å². The highest BCUT2D eigenvalue weighted by Gasteiger charge is 2.10. The number of ether oxygens (including phenoxy) is 1. The second-order valence-corrected chi connectivity index (χ2v) is 6.43. The van der Waals surface area contributed by atoms with Crippen LogP contribution in [0.2, 0.25) is 0 Å². The van der Waals surface area contributed by atoms with Gasteiger partial charge in [-0.1, -0.05) is 42.5 Å². The number of nitrogens with zero attached hydrogens (tertiary/aromatic N) is 3. The number of fused-ring (bicyclic) bond motifs is 1. The molecule has 0 radical (unpaired) electrons. The number of aliphatic hydroxyl groups excluding tert-OH is 1. The normalized spacial score (nSPS) is 12.0. The molecule has 0 fully saturated rings. The fraction of sp³-hybridized carbons (Fsp3) is 0.136. The van der Waals surface area contributed by atoms with Crippen molar-refractivity contribution in [2.75, 3.05) is 6.61 Å². The van der Waals surface area contributed by atoms with Crippen LogP contribution in [-0.4, -0.2) is 32.4 Å². The number of aliphatic hydroxyl groups is 1. The minimum Gasteiger partial charge on any atom is -0.491 e. The summed E-state index contributed by atoms with van der Waals surface area (Å²) >= 11 is 0. The summed E-state index contributed by atoms with van der Waals surface area (Å²) in [6, 6.07) is 21.1. The van der Waals surface area contributed by atoms with Gasteiger partial charge in [-0.15, -0.1) is 0 Å². The first-order chi connectivity index (χ1) is 13.7. The lowest BCUT2D eigenvalue weighted by Crippen LogP contribution is -2.30. The van der Waals surface area contributed by atoms with Crippen molar-refractivity contribution in [3.8, 4) is 16.9 Å². The van der Waals surface area contributed by atoms with Crippen LogP contribution in [0, 0.1) is 0 Å². The summed E-state index contributed by atoms with van der Waals surface area (Å²) in [6.07, 6.45) is 2.14. The zero-order chi connectivity index (χ0) is 19.3.